The van der Waals surface area contributed by atoms with E-state index in [0.717, 1.165) is 49.1 Å². The van der Waals surface area contributed by atoms with Crippen LogP contribution in [-0.2, 0) is 4.74 Å². The largest absolute Gasteiger partial charge is 0.493 e. The van der Waals surface area contributed by atoms with Crippen molar-refractivity contribution in [2.75, 3.05) is 25.6 Å². The van der Waals surface area contributed by atoms with Gasteiger partial charge in [-0.05, 0) is 54.9 Å². The quantitative estimate of drug-likeness (QED) is 0.358. The number of anilines is 1. The fraction of sp³-hybridized carbons (Fsp3) is 0.393. The molecule has 1 fully saturated rings. The number of benzene rings is 1. The van der Waals surface area contributed by atoms with Gasteiger partial charge in [0.05, 0.1) is 24.1 Å². The summed E-state index contributed by atoms with van der Waals surface area (Å²) in [6, 6.07) is 5.93. The van der Waals surface area contributed by atoms with E-state index >= 15 is 0 Å². The molecule has 3 aromatic rings. The van der Waals surface area contributed by atoms with E-state index in [4.69, 9.17) is 15.2 Å². The summed E-state index contributed by atoms with van der Waals surface area (Å²) in [5.74, 6) is -3.22. The molecule has 2 aromatic heterocycles. The molecule has 38 heavy (non-hydrogen) atoms. The van der Waals surface area contributed by atoms with Crippen molar-refractivity contribution in [3.63, 3.8) is 0 Å². The molecule has 1 aliphatic carbocycles. The number of halogens is 3. The number of amides is 1. The first-order chi connectivity index (χ1) is 18.3. The van der Waals surface area contributed by atoms with Gasteiger partial charge in [0.1, 0.15) is 34.6 Å². The first kappa shape index (κ1) is 27.5. The van der Waals surface area contributed by atoms with Crippen molar-refractivity contribution >= 4 is 11.6 Å². The van der Waals surface area contributed by atoms with Crippen molar-refractivity contribution in [1.29, 1.82) is 0 Å². The Morgan fingerprint density at radius 2 is 1.84 bits per heavy atom. The summed E-state index contributed by atoms with van der Waals surface area (Å²) >= 11 is 0. The van der Waals surface area contributed by atoms with Crippen LogP contribution in [0.4, 0.5) is 18.9 Å². The molecular formula is C28H31F3N4O3. The standard InChI is InChI=1S/C28H31F3N4O3/c1-16-10-17(12-18(32)11-16)20-6-7-33-15-25(20)35-28(36)24-5-4-21(29)27(34-24)26-22(30)13-19(14-23(26)31)38-9-3-8-37-2/h4-7,13-18H,3,8-12,32H2,1-2H3,(H,35,36)/t16-,17+,18-/m0/s1. The van der Waals surface area contributed by atoms with Gasteiger partial charge in [-0.2, -0.15) is 0 Å². The number of nitrogens with zero attached hydrogens (tertiary/aromatic N) is 2. The lowest BCUT2D eigenvalue weighted by Crippen LogP contribution is -2.31. The number of aromatic nitrogens is 2. The van der Waals surface area contributed by atoms with E-state index in [1.807, 2.05) is 6.07 Å². The number of nitrogens with one attached hydrogen (secondary N) is 1. The summed E-state index contributed by atoms with van der Waals surface area (Å²) in [5.41, 5.74) is 6.11. The first-order valence-electron chi connectivity index (χ1n) is 12.5. The first-order valence-corrected chi connectivity index (χ1v) is 12.5. The Balaban J connectivity index is 1.57. The molecule has 0 bridgehead atoms. The fourth-order valence-electron chi connectivity index (χ4n) is 4.96. The number of carbonyl (C=O) groups excluding carboxylic acids is 1. The molecule has 1 aromatic carbocycles. The van der Waals surface area contributed by atoms with Crippen LogP contribution in [0.15, 0.2) is 42.7 Å². The summed E-state index contributed by atoms with van der Waals surface area (Å²) in [4.78, 5) is 21.2. The molecule has 202 valence electrons. The SMILES string of the molecule is COCCCOc1cc(F)c(-c2nc(C(=O)Nc3cnccc3[C@@H]3C[C@H](C)C[C@H](N)C3)ccc2F)c(F)c1. The zero-order valence-corrected chi connectivity index (χ0v) is 21.3. The Bertz CT molecular complexity index is 1260. The van der Waals surface area contributed by atoms with Gasteiger partial charge in [0.2, 0.25) is 0 Å². The van der Waals surface area contributed by atoms with Crippen molar-refractivity contribution in [3.05, 3.63) is 71.4 Å². The molecule has 7 nitrogen and oxygen atoms in total. The lowest BCUT2D eigenvalue weighted by molar-refractivity contribution is 0.102. The molecule has 3 atom stereocenters. The Labute approximate surface area is 219 Å². The van der Waals surface area contributed by atoms with Gasteiger partial charge in [0.15, 0.2) is 0 Å². The van der Waals surface area contributed by atoms with E-state index in [9.17, 15) is 18.0 Å². The molecule has 3 N–H and O–H groups in total. The van der Waals surface area contributed by atoms with Crippen LogP contribution >= 0.6 is 0 Å². The molecule has 0 aliphatic heterocycles. The van der Waals surface area contributed by atoms with E-state index in [2.05, 4.69) is 22.2 Å². The van der Waals surface area contributed by atoms with Gasteiger partial charge in [-0.1, -0.05) is 6.92 Å². The number of ether oxygens (including phenoxy) is 2. The van der Waals surface area contributed by atoms with Gasteiger partial charge >= 0.3 is 0 Å². The monoisotopic (exact) mass is 528 g/mol. The molecule has 0 radical (unpaired) electrons. The van der Waals surface area contributed by atoms with Crippen LogP contribution in [-0.4, -0.2) is 42.2 Å². The zero-order valence-electron chi connectivity index (χ0n) is 21.3. The number of hydrogen-bond donors (Lipinski definition) is 2. The van der Waals surface area contributed by atoms with Gasteiger partial charge in [-0.25, -0.2) is 18.2 Å². The lowest BCUT2D eigenvalue weighted by Gasteiger charge is -2.32. The number of nitrogens with two attached hydrogens (primary N) is 1. The second-order valence-electron chi connectivity index (χ2n) is 9.67. The van der Waals surface area contributed by atoms with Crippen LogP contribution in [0.5, 0.6) is 5.75 Å². The third-order valence-electron chi connectivity index (χ3n) is 6.61. The maximum absolute atomic E-state index is 14.9. The highest BCUT2D eigenvalue weighted by molar-refractivity contribution is 6.03. The number of methoxy groups -OCH3 is 1. The molecule has 1 amide bonds. The second-order valence-corrected chi connectivity index (χ2v) is 9.67. The molecule has 1 aliphatic rings. The van der Waals surface area contributed by atoms with E-state index in [-0.39, 0.29) is 30.0 Å². The summed E-state index contributed by atoms with van der Waals surface area (Å²) in [6.07, 6.45) is 6.36. The van der Waals surface area contributed by atoms with E-state index in [1.54, 1.807) is 6.20 Å². The third kappa shape index (κ3) is 6.49. The second kappa shape index (κ2) is 12.4. The summed E-state index contributed by atoms with van der Waals surface area (Å²) in [5, 5.41) is 2.78. The van der Waals surface area contributed by atoms with Crippen molar-refractivity contribution < 1.29 is 27.4 Å². The Morgan fingerprint density at radius 3 is 2.55 bits per heavy atom. The predicted molar refractivity (Wildman–Crippen MR) is 137 cm³/mol. The van der Waals surface area contributed by atoms with E-state index < -0.39 is 34.6 Å². The van der Waals surface area contributed by atoms with Crippen LogP contribution in [0.25, 0.3) is 11.3 Å². The number of pyridine rings is 2. The van der Waals surface area contributed by atoms with Gasteiger partial charge < -0.3 is 20.5 Å². The summed E-state index contributed by atoms with van der Waals surface area (Å²) in [6.45, 7) is 2.77. The topological polar surface area (TPSA) is 99.4 Å². The molecule has 1 saturated carbocycles. The van der Waals surface area contributed by atoms with E-state index in [0.29, 0.717) is 24.6 Å². The Morgan fingerprint density at radius 1 is 1.08 bits per heavy atom. The van der Waals surface area contributed by atoms with Gasteiger partial charge in [0.25, 0.3) is 5.91 Å². The molecular weight excluding hydrogens is 497 g/mol. The minimum atomic E-state index is -1.06. The van der Waals surface area contributed by atoms with Crippen molar-refractivity contribution in [1.82, 2.24) is 9.97 Å². The molecule has 4 rings (SSSR count). The van der Waals surface area contributed by atoms with Crippen LogP contribution in [0, 0.1) is 23.4 Å². The maximum atomic E-state index is 14.9. The molecule has 0 spiro atoms. The van der Waals surface area contributed by atoms with Crippen molar-refractivity contribution in [3.8, 4) is 17.0 Å². The van der Waals surface area contributed by atoms with Crippen LogP contribution < -0.4 is 15.8 Å². The average molecular weight is 529 g/mol. The smallest absolute Gasteiger partial charge is 0.274 e. The van der Waals surface area contributed by atoms with Gasteiger partial charge in [0, 0.05) is 44.5 Å². The normalized spacial score (nSPS) is 19.3. The van der Waals surface area contributed by atoms with Crippen molar-refractivity contribution in [2.45, 2.75) is 44.6 Å². The zero-order chi connectivity index (χ0) is 27.2. The predicted octanol–water partition coefficient (Wildman–Crippen LogP) is 5.46. The van der Waals surface area contributed by atoms with Crippen LogP contribution in [0.2, 0.25) is 0 Å². The number of rotatable bonds is 9. The maximum Gasteiger partial charge on any atom is 0.274 e. The summed E-state index contributed by atoms with van der Waals surface area (Å²) < 4.78 is 54.7. The minimum Gasteiger partial charge on any atom is -0.493 e. The Hall–Kier alpha value is -3.50. The lowest BCUT2D eigenvalue weighted by atomic mass is 9.76. The highest BCUT2D eigenvalue weighted by atomic mass is 19.1. The number of carbonyl (C=O) groups is 1. The molecule has 2 heterocycles. The fourth-order valence-corrected chi connectivity index (χ4v) is 4.96. The highest BCUT2D eigenvalue weighted by Crippen LogP contribution is 2.38. The molecule has 0 saturated heterocycles. The summed E-state index contributed by atoms with van der Waals surface area (Å²) in [7, 11) is 1.53. The molecule has 10 heteroatoms. The van der Waals surface area contributed by atoms with Crippen molar-refractivity contribution in [2.24, 2.45) is 11.7 Å². The number of hydrogen-bond acceptors (Lipinski definition) is 6. The Kier molecular flexibility index (Phi) is 8.96. The van der Waals surface area contributed by atoms with Crippen LogP contribution in [0.1, 0.15) is 54.6 Å². The van der Waals surface area contributed by atoms with Gasteiger partial charge in [-0.3, -0.25) is 9.78 Å². The van der Waals surface area contributed by atoms with Crippen LogP contribution in [0.3, 0.4) is 0 Å². The van der Waals surface area contributed by atoms with E-state index in [1.165, 1.54) is 13.3 Å². The minimum absolute atomic E-state index is 0.0463. The highest BCUT2D eigenvalue weighted by Gasteiger charge is 2.28. The van der Waals surface area contributed by atoms with Gasteiger partial charge in [-0.15, -0.1) is 0 Å². The average Bonchev–Trinajstić information content (AvgIpc) is 2.87. The molecule has 0 unspecified atom stereocenters. The third-order valence-corrected chi connectivity index (χ3v) is 6.61.